The van der Waals surface area contributed by atoms with Gasteiger partial charge in [0.05, 0.1) is 14.2 Å². The molecular weight excluding hydrogens is 314 g/mol. The van der Waals surface area contributed by atoms with Gasteiger partial charge in [-0.05, 0) is 55.7 Å². The van der Waals surface area contributed by atoms with Gasteiger partial charge in [0.15, 0.2) is 11.5 Å². The van der Waals surface area contributed by atoms with Crippen LogP contribution in [0.5, 0.6) is 11.5 Å². The molecule has 0 radical (unpaired) electrons. The van der Waals surface area contributed by atoms with Gasteiger partial charge in [0.2, 0.25) is 5.91 Å². The number of aryl methyl sites for hydroxylation is 1. The van der Waals surface area contributed by atoms with Gasteiger partial charge in [-0.3, -0.25) is 4.79 Å². The average Bonchev–Trinajstić information content (AvgIpc) is 2.62. The van der Waals surface area contributed by atoms with Gasteiger partial charge in [-0.25, -0.2) is 0 Å². The van der Waals surface area contributed by atoms with Gasteiger partial charge in [0.25, 0.3) is 0 Å². The fourth-order valence-corrected chi connectivity index (χ4v) is 2.98. The minimum absolute atomic E-state index is 0.126. The molecule has 2 aromatic rings. The molecule has 1 amide bonds. The summed E-state index contributed by atoms with van der Waals surface area (Å²) in [6.07, 6.45) is 0.654. The number of methoxy groups -OCH3 is 2. The number of hydrogen-bond acceptors (Lipinski definition) is 3. The number of amides is 1. The molecule has 1 unspecified atom stereocenters. The highest BCUT2D eigenvalue weighted by Crippen LogP contribution is 2.29. The van der Waals surface area contributed by atoms with Crippen LogP contribution in [0, 0.1) is 12.8 Å². The van der Waals surface area contributed by atoms with E-state index in [2.05, 4.69) is 0 Å². The van der Waals surface area contributed by atoms with Crippen molar-refractivity contribution in [3.05, 3.63) is 53.6 Å². The molecular formula is C21H27NO3. The van der Waals surface area contributed by atoms with Crippen LogP contribution in [0.15, 0.2) is 42.5 Å². The zero-order valence-electron chi connectivity index (χ0n) is 15.7. The maximum absolute atomic E-state index is 12.9. The number of carbonyl (C=O) groups excluding carboxylic acids is 1. The number of anilines is 1. The molecule has 0 saturated carbocycles. The molecule has 0 aliphatic carbocycles. The van der Waals surface area contributed by atoms with E-state index in [1.165, 1.54) is 0 Å². The summed E-state index contributed by atoms with van der Waals surface area (Å²) in [5.41, 5.74) is 3.15. The third kappa shape index (κ3) is 4.53. The minimum atomic E-state index is -0.126. The van der Waals surface area contributed by atoms with Crippen molar-refractivity contribution in [1.29, 1.82) is 0 Å². The van der Waals surface area contributed by atoms with E-state index in [1.54, 1.807) is 14.2 Å². The van der Waals surface area contributed by atoms with Gasteiger partial charge >= 0.3 is 0 Å². The van der Waals surface area contributed by atoms with E-state index in [4.69, 9.17) is 9.47 Å². The van der Waals surface area contributed by atoms with Crippen LogP contribution in [0.1, 0.15) is 25.0 Å². The van der Waals surface area contributed by atoms with Crippen LogP contribution in [0.2, 0.25) is 0 Å². The van der Waals surface area contributed by atoms with Crippen molar-refractivity contribution in [2.45, 2.75) is 27.2 Å². The summed E-state index contributed by atoms with van der Waals surface area (Å²) < 4.78 is 10.6. The molecule has 0 aromatic heterocycles. The summed E-state index contributed by atoms with van der Waals surface area (Å²) >= 11 is 0. The smallest absolute Gasteiger partial charge is 0.230 e. The highest BCUT2D eigenvalue weighted by Gasteiger charge is 2.21. The van der Waals surface area contributed by atoms with Crippen molar-refractivity contribution < 1.29 is 14.3 Å². The summed E-state index contributed by atoms with van der Waals surface area (Å²) in [6.45, 7) is 6.66. The Balaban J connectivity index is 2.16. The molecule has 4 nitrogen and oxygen atoms in total. The Hall–Kier alpha value is -2.49. The fraction of sp³-hybridized carbons (Fsp3) is 0.381. The summed E-state index contributed by atoms with van der Waals surface area (Å²) in [4.78, 5) is 14.8. The van der Waals surface area contributed by atoms with Gasteiger partial charge < -0.3 is 14.4 Å². The maximum Gasteiger partial charge on any atom is 0.230 e. The van der Waals surface area contributed by atoms with E-state index in [0.717, 1.165) is 16.8 Å². The van der Waals surface area contributed by atoms with E-state index in [0.29, 0.717) is 24.5 Å². The van der Waals surface area contributed by atoms with Crippen LogP contribution in [0.25, 0.3) is 0 Å². The molecule has 134 valence electrons. The highest BCUT2D eigenvalue weighted by molar-refractivity contribution is 5.95. The minimum Gasteiger partial charge on any atom is -0.493 e. The molecule has 4 heteroatoms. The lowest BCUT2D eigenvalue weighted by atomic mass is 9.99. The Morgan fingerprint density at radius 3 is 2.40 bits per heavy atom. The zero-order chi connectivity index (χ0) is 18.4. The lowest BCUT2D eigenvalue weighted by Gasteiger charge is -2.25. The molecule has 0 aliphatic heterocycles. The molecule has 0 N–H and O–H groups in total. The Kier molecular flexibility index (Phi) is 6.45. The Morgan fingerprint density at radius 1 is 1.08 bits per heavy atom. The average molecular weight is 341 g/mol. The highest BCUT2D eigenvalue weighted by atomic mass is 16.5. The predicted molar refractivity (Wildman–Crippen MR) is 102 cm³/mol. The number of benzene rings is 2. The molecule has 25 heavy (non-hydrogen) atoms. The third-order valence-corrected chi connectivity index (χ3v) is 4.31. The maximum atomic E-state index is 12.9. The summed E-state index contributed by atoms with van der Waals surface area (Å²) in [5.74, 6) is 1.38. The Bertz CT molecular complexity index is 727. The van der Waals surface area contributed by atoms with Crippen LogP contribution < -0.4 is 14.4 Å². The number of hydrogen-bond donors (Lipinski definition) is 0. The zero-order valence-corrected chi connectivity index (χ0v) is 15.7. The second-order valence-electron chi connectivity index (χ2n) is 6.22. The van der Waals surface area contributed by atoms with Crippen LogP contribution in [-0.2, 0) is 11.2 Å². The first kappa shape index (κ1) is 18.8. The van der Waals surface area contributed by atoms with Crippen molar-refractivity contribution >= 4 is 11.6 Å². The largest absolute Gasteiger partial charge is 0.493 e. The van der Waals surface area contributed by atoms with Gasteiger partial charge in [0, 0.05) is 18.2 Å². The topological polar surface area (TPSA) is 38.8 Å². The van der Waals surface area contributed by atoms with Gasteiger partial charge in [-0.1, -0.05) is 25.1 Å². The Labute approximate surface area is 150 Å². The molecule has 0 saturated heterocycles. The lowest BCUT2D eigenvalue weighted by Crippen LogP contribution is -2.35. The summed E-state index contributed by atoms with van der Waals surface area (Å²) in [5, 5.41) is 0. The second-order valence-corrected chi connectivity index (χ2v) is 6.22. The van der Waals surface area contributed by atoms with Crippen LogP contribution in [0.4, 0.5) is 5.69 Å². The SMILES string of the molecule is CCN(C(=O)C(C)Cc1ccc(OC)c(OC)c1)c1cccc(C)c1. The Morgan fingerprint density at radius 2 is 1.80 bits per heavy atom. The van der Waals surface area contributed by atoms with Crippen LogP contribution in [-0.4, -0.2) is 26.7 Å². The van der Waals surface area contributed by atoms with Crippen molar-refractivity contribution in [3.8, 4) is 11.5 Å². The summed E-state index contributed by atoms with van der Waals surface area (Å²) in [6, 6.07) is 13.8. The molecule has 1 atom stereocenters. The monoisotopic (exact) mass is 341 g/mol. The van der Waals surface area contributed by atoms with Gasteiger partial charge in [0.1, 0.15) is 0 Å². The second kappa shape index (κ2) is 8.56. The number of rotatable bonds is 7. The van der Waals surface area contributed by atoms with Crippen molar-refractivity contribution in [2.24, 2.45) is 5.92 Å². The molecule has 0 heterocycles. The lowest BCUT2D eigenvalue weighted by molar-refractivity contribution is -0.121. The third-order valence-electron chi connectivity index (χ3n) is 4.31. The standard InChI is InChI=1S/C21H27NO3/c1-6-22(18-9-7-8-15(2)12-18)21(23)16(3)13-17-10-11-19(24-4)20(14-17)25-5/h7-12,14,16H,6,13H2,1-5H3. The van der Waals surface area contributed by atoms with E-state index < -0.39 is 0 Å². The van der Waals surface area contributed by atoms with Crippen molar-refractivity contribution in [3.63, 3.8) is 0 Å². The molecule has 0 bridgehead atoms. The molecule has 0 fully saturated rings. The molecule has 0 aliphatic rings. The molecule has 2 rings (SSSR count). The normalized spacial score (nSPS) is 11.7. The first-order valence-corrected chi connectivity index (χ1v) is 8.59. The number of nitrogens with zero attached hydrogens (tertiary/aromatic N) is 1. The molecule has 0 spiro atoms. The van der Waals surface area contributed by atoms with Crippen molar-refractivity contribution in [1.82, 2.24) is 0 Å². The van der Waals surface area contributed by atoms with Gasteiger partial charge in [-0.15, -0.1) is 0 Å². The van der Waals surface area contributed by atoms with Gasteiger partial charge in [-0.2, -0.15) is 0 Å². The van der Waals surface area contributed by atoms with Crippen molar-refractivity contribution in [2.75, 3.05) is 25.7 Å². The summed E-state index contributed by atoms with van der Waals surface area (Å²) in [7, 11) is 3.23. The van der Waals surface area contributed by atoms with Crippen LogP contribution in [0.3, 0.4) is 0 Å². The van der Waals surface area contributed by atoms with E-state index in [-0.39, 0.29) is 11.8 Å². The first-order chi connectivity index (χ1) is 12.0. The fourth-order valence-electron chi connectivity index (χ4n) is 2.98. The van der Waals surface area contributed by atoms with Crippen LogP contribution >= 0.6 is 0 Å². The first-order valence-electron chi connectivity index (χ1n) is 8.59. The number of ether oxygens (including phenoxy) is 2. The van der Waals surface area contributed by atoms with E-state index >= 15 is 0 Å². The predicted octanol–water partition coefficient (Wildman–Crippen LogP) is 4.24. The van der Waals surface area contributed by atoms with E-state index in [1.807, 2.05) is 68.1 Å². The van der Waals surface area contributed by atoms with E-state index in [9.17, 15) is 4.79 Å². The number of carbonyl (C=O) groups is 1. The quantitative estimate of drug-likeness (QED) is 0.756. The molecule has 2 aromatic carbocycles.